The van der Waals surface area contributed by atoms with Crippen LogP contribution < -0.4 is 0 Å². The number of halogens is 1. The van der Waals surface area contributed by atoms with Gasteiger partial charge < -0.3 is 9.84 Å². The lowest BCUT2D eigenvalue weighted by atomic mass is 9.95. The Hall–Kier alpha value is -1.32. The van der Waals surface area contributed by atoms with Crippen molar-refractivity contribution in [1.82, 2.24) is 4.98 Å². The number of pyridine rings is 1. The van der Waals surface area contributed by atoms with Crippen LogP contribution in [0.1, 0.15) is 24.5 Å². The Labute approximate surface area is 110 Å². The van der Waals surface area contributed by atoms with Gasteiger partial charge in [-0.05, 0) is 25.0 Å². The van der Waals surface area contributed by atoms with E-state index in [2.05, 4.69) is 4.98 Å². The molecule has 0 unspecified atom stereocenters. The van der Waals surface area contributed by atoms with Gasteiger partial charge in [0.15, 0.2) is 0 Å². The molecule has 18 heavy (non-hydrogen) atoms. The molecule has 4 heteroatoms. The van der Waals surface area contributed by atoms with Gasteiger partial charge in [0.05, 0.1) is 16.2 Å². The SMILES string of the molecule is Oc1cc2cccc(Cl)c2nc1C1CCOCC1. The highest BCUT2D eigenvalue weighted by atomic mass is 35.5. The number of rotatable bonds is 1. The van der Waals surface area contributed by atoms with Gasteiger partial charge >= 0.3 is 0 Å². The average molecular weight is 264 g/mol. The normalized spacial score (nSPS) is 17.2. The number of aromatic hydroxyl groups is 1. The maximum atomic E-state index is 10.1. The first-order valence-corrected chi connectivity index (χ1v) is 6.49. The molecule has 0 spiro atoms. The summed E-state index contributed by atoms with van der Waals surface area (Å²) in [6.07, 6.45) is 1.80. The number of nitrogens with zero attached hydrogens (tertiary/aromatic N) is 1. The maximum absolute atomic E-state index is 10.1. The van der Waals surface area contributed by atoms with Crippen molar-refractivity contribution < 1.29 is 9.84 Å². The highest BCUT2D eigenvalue weighted by molar-refractivity contribution is 6.35. The number of aromatic nitrogens is 1. The number of ether oxygens (including phenoxy) is 1. The van der Waals surface area contributed by atoms with Crippen LogP contribution in [-0.4, -0.2) is 23.3 Å². The molecule has 1 aliphatic rings. The fourth-order valence-corrected chi connectivity index (χ4v) is 2.66. The summed E-state index contributed by atoms with van der Waals surface area (Å²) in [5.74, 6) is 0.524. The molecule has 1 fully saturated rings. The molecule has 2 heterocycles. The summed E-state index contributed by atoms with van der Waals surface area (Å²) < 4.78 is 5.34. The molecule has 0 bridgehead atoms. The fourth-order valence-electron chi connectivity index (χ4n) is 2.44. The second kappa shape index (κ2) is 4.75. The molecule has 1 N–H and O–H groups in total. The Kier molecular flexibility index (Phi) is 3.10. The van der Waals surface area contributed by atoms with Gasteiger partial charge in [-0.2, -0.15) is 0 Å². The van der Waals surface area contributed by atoms with Gasteiger partial charge in [-0.25, -0.2) is 4.98 Å². The van der Waals surface area contributed by atoms with Crippen molar-refractivity contribution >= 4 is 22.5 Å². The minimum Gasteiger partial charge on any atom is -0.506 e. The first kappa shape index (κ1) is 11.8. The standard InChI is InChI=1S/C14H14ClNO2/c15-11-3-1-2-10-8-12(17)14(16-13(10)11)9-4-6-18-7-5-9/h1-3,8-9,17H,4-7H2. The van der Waals surface area contributed by atoms with Crippen LogP contribution in [-0.2, 0) is 4.74 Å². The molecule has 0 aliphatic carbocycles. The van der Waals surface area contributed by atoms with Crippen LogP contribution in [0.2, 0.25) is 5.02 Å². The molecule has 1 saturated heterocycles. The largest absolute Gasteiger partial charge is 0.506 e. The topological polar surface area (TPSA) is 42.4 Å². The Bertz CT molecular complexity index is 579. The lowest BCUT2D eigenvalue weighted by Gasteiger charge is -2.22. The summed E-state index contributed by atoms with van der Waals surface area (Å²) in [4.78, 5) is 4.56. The molecule has 0 saturated carbocycles. The van der Waals surface area contributed by atoms with E-state index in [0.717, 1.165) is 42.7 Å². The van der Waals surface area contributed by atoms with Crippen molar-refractivity contribution in [3.05, 3.63) is 35.0 Å². The molecular weight excluding hydrogens is 250 g/mol. The monoisotopic (exact) mass is 263 g/mol. The second-order valence-electron chi connectivity index (χ2n) is 4.59. The molecule has 1 aromatic carbocycles. The molecule has 2 aromatic rings. The van der Waals surface area contributed by atoms with Crippen molar-refractivity contribution in [2.24, 2.45) is 0 Å². The quantitative estimate of drug-likeness (QED) is 0.856. The number of fused-ring (bicyclic) bond motifs is 1. The fraction of sp³-hybridized carbons (Fsp3) is 0.357. The molecule has 3 nitrogen and oxygen atoms in total. The van der Waals surface area contributed by atoms with Crippen LogP contribution in [0, 0.1) is 0 Å². The first-order valence-electron chi connectivity index (χ1n) is 6.11. The molecule has 3 rings (SSSR count). The van der Waals surface area contributed by atoms with Crippen molar-refractivity contribution in [3.8, 4) is 5.75 Å². The van der Waals surface area contributed by atoms with E-state index in [9.17, 15) is 5.11 Å². The Morgan fingerprint density at radius 3 is 2.83 bits per heavy atom. The zero-order valence-corrected chi connectivity index (χ0v) is 10.7. The predicted octanol–water partition coefficient (Wildman–Crippen LogP) is 3.49. The van der Waals surface area contributed by atoms with E-state index in [1.54, 1.807) is 6.07 Å². The summed E-state index contributed by atoms with van der Waals surface area (Å²) in [7, 11) is 0. The molecule has 0 radical (unpaired) electrons. The number of hydrogen-bond donors (Lipinski definition) is 1. The van der Waals surface area contributed by atoms with E-state index >= 15 is 0 Å². The van der Waals surface area contributed by atoms with E-state index < -0.39 is 0 Å². The maximum Gasteiger partial charge on any atom is 0.138 e. The van der Waals surface area contributed by atoms with Crippen LogP contribution >= 0.6 is 11.6 Å². The molecule has 1 aromatic heterocycles. The van der Waals surface area contributed by atoms with Crippen LogP contribution in [0.3, 0.4) is 0 Å². The molecule has 94 valence electrons. The van der Waals surface area contributed by atoms with Gasteiger partial charge in [-0.1, -0.05) is 23.7 Å². The van der Waals surface area contributed by atoms with E-state index in [1.165, 1.54) is 0 Å². The lowest BCUT2D eigenvalue weighted by Crippen LogP contribution is -2.15. The van der Waals surface area contributed by atoms with Gasteiger partial charge in [0.1, 0.15) is 5.75 Å². The summed E-state index contributed by atoms with van der Waals surface area (Å²) in [6, 6.07) is 7.34. The average Bonchev–Trinajstić information content (AvgIpc) is 2.39. The third-order valence-electron chi connectivity index (χ3n) is 3.41. The zero-order chi connectivity index (χ0) is 12.5. The predicted molar refractivity (Wildman–Crippen MR) is 71.2 cm³/mol. The van der Waals surface area contributed by atoms with Gasteiger partial charge in [0.2, 0.25) is 0 Å². The van der Waals surface area contributed by atoms with Gasteiger partial charge in [0, 0.05) is 24.5 Å². The number of para-hydroxylation sites is 1. The van der Waals surface area contributed by atoms with Gasteiger partial charge in [-0.3, -0.25) is 0 Å². The lowest BCUT2D eigenvalue weighted by molar-refractivity contribution is 0.0840. The van der Waals surface area contributed by atoms with Gasteiger partial charge in [0.25, 0.3) is 0 Å². The molecule has 0 amide bonds. The van der Waals surface area contributed by atoms with Crippen LogP contribution in [0.4, 0.5) is 0 Å². The summed E-state index contributed by atoms with van der Waals surface area (Å²) in [5, 5.41) is 11.6. The zero-order valence-electron chi connectivity index (χ0n) is 9.90. The minimum atomic E-state index is 0.261. The summed E-state index contributed by atoms with van der Waals surface area (Å²) >= 11 is 6.15. The van der Waals surface area contributed by atoms with E-state index in [-0.39, 0.29) is 11.7 Å². The second-order valence-corrected chi connectivity index (χ2v) is 5.00. The molecule has 1 aliphatic heterocycles. The van der Waals surface area contributed by atoms with Crippen LogP contribution in [0.25, 0.3) is 10.9 Å². The van der Waals surface area contributed by atoms with E-state index in [1.807, 2.05) is 18.2 Å². The van der Waals surface area contributed by atoms with Crippen molar-refractivity contribution in [1.29, 1.82) is 0 Å². The number of hydrogen-bond acceptors (Lipinski definition) is 3. The van der Waals surface area contributed by atoms with Crippen molar-refractivity contribution in [3.63, 3.8) is 0 Å². The van der Waals surface area contributed by atoms with Gasteiger partial charge in [-0.15, -0.1) is 0 Å². The Balaban J connectivity index is 2.11. The Morgan fingerprint density at radius 1 is 1.28 bits per heavy atom. The Morgan fingerprint density at radius 2 is 2.06 bits per heavy atom. The number of benzene rings is 1. The molecule has 0 atom stereocenters. The highest BCUT2D eigenvalue weighted by Gasteiger charge is 2.21. The van der Waals surface area contributed by atoms with Crippen molar-refractivity contribution in [2.75, 3.05) is 13.2 Å². The van der Waals surface area contributed by atoms with E-state index in [0.29, 0.717) is 5.02 Å². The molecular formula is C14H14ClNO2. The third kappa shape index (κ3) is 2.04. The smallest absolute Gasteiger partial charge is 0.138 e. The highest BCUT2D eigenvalue weighted by Crippen LogP contribution is 2.35. The van der Waals surface area contributed by atoms with Crippen LogP contribution in [0.15, 0.2) is 24.3 Å². The van der Waals surface area contributed by atoms with E-state index in [4.69, 9.17) is 16.3 Å². The minimum absolute atomic E-state index is 0.261. The first-order chi connectivity index (χ1) is 8.75. The third-order valence-corrected chi connectivity index (χ3v) is 3.72. The summed E-state index contributed by atoms with van der Waals surface area (Å²) in [6.45, 7) is 1.46. The van der Waals surface area contributed by atoms with Crippen molar-refractivity contribution in [2.45, 2.75) is 18.8 Å². The van der Waals surface area contributed by atoms with Crippen LogP contribution in [0.5, 0.6) is 5.75 Å². The summed E-state index contributed by atoms with van der Waals surface area (Å²) in [5.41, 5.74) is 1.51.